The van der Waals surface area contributed by atoms with Crippen molar-refractivity contribution >= 4 is 23.4 Å². The fourth-order valence-corrected chi connectivity index (χ4v) is 2.75. The second-order valence-electron chi connectivity index (χ2n) is 5.46. The number of rotatable bonds is 5. The molecule has 2 amide bonds. The fraction of sp³-hybridized carbons (Fsp3) is 0.500. The van der Waals surface area contributed by atoms with Crippen LogP contribution in [0.4, 0.5) is 0 Å². The highest BCUT2D eigenvalue weighted by molar-refractivity contribution is 6.30. The molecule has 0 aliphatic carbocycles. The van der Waals surface area contributed by atoms with Gasteiger partial charge in [-0.1, -0.05) is 23.7 Å². The van der Waals surface area contributed by atoms with Crippen molar-refractivity contribution in [1.82, 2.24) is 15.1 Å². The van der Waals surface area contributed by atoms with Crippen molar-refractivity contribution in [1.29, 1.82) is 0 Å². The van der Waals surface area contributed by atoms with E-state index in [1.165, 1.54) is 0 Å². The summed E-state index contributed by atoms with van der Waals surface area (Å²) in [6.45, 7) is 3.27. The Morgan fingerprint density at radius 2 is 1.95 bits per heavy atom. The van der Waals surface area contributed by atoms with Crippen LogP contribution in [-0.2, 0) is 16.0 Å². The summed E-state index contributed by atoms with van der Waals surface area (Å²) in [6, 6.07) is 7.62. The van der Waals surface area contributed by atoms with E-state index < -0.39 is 0 Å². The summed E-state index contributed by atoms with van der Waals surface area (Å²) >= 11 is 5.94. The zero-order valence-corrected chi connectivity index (χ0v) is 13.6. The number of hydrogen-bond acceptors (Lipinski definition) is 3. The Morgan fingerprint density at radius 1 is 1.23 bits per heavy atom. The molecule has 1 heterocycles. The molecule has 0 saturated carbocycles. The van der Waals surface area contributed by atoms with E-state index in [1.807, 2.05) is 29.2 Å². The zero-order chi connectivity index (χ0) is 15.9. The van der Waals surface area contributed by atoms with E-state index in [4.69, 9.17) is 11.6 Å². The van der Waals surface area contributed by atoms with E-state index in [0.29, 0.717) is 37.5 Å². The van der Waals surface area contributed by atoms with Crippen molar-refractivity contribution in [3.63, 3.8) is 0 Å². The molecule has 22 heavy (non-hydrogen) atoms. The van der Waals surface area contributed by atoms with E-state index >= 15 is 0 Å². The van der Waals surface area contributed by atoms with Crippen molar-refractivity contribution in [2.75, 3.05) is 39.8 Å². The number of carbonyl (C=O) groups excluding carboxylic acids is 2. The zero-order valence-electron chi connectivity index (χ0n) is 12.8. The maximum atomic E-state index is 12.2. The molecule has 1 fully saturated rings. The van der Waals surface area contributed by atoms with E-state index in [1.54, 1.807) is 7.05 Å². The largest absolute Gasteiger partial charge is 0.358 e. The molecule has 0 bridgehead atoms. The van der Waals surface area contributed by atoms with Gasteiger partial charge in [0.2, 0.25) is 11.8 Å². The summed E-state index contributed by atoms with van der Waals surface area (Å²) in [7, 11) is 1.64. The number of amides is 2. The standard InChI is InChI=1S/C16H22ClN3O2/c1-18-15(21)12-19-7-9-20(10-8-19)16(22)6-5-13-3-2-4-14(17)11-13/h2-4,11H,5-10,12H2,1H3,(H,18,21). The molecule has 1 aromatic carbocycles. The summed E-state index contributed by atoms with van der Waals surface area (Å²) in [5, 5.41) is 3.32. The Morgan fingerprint density at radius 3 is 2.59 bits per heavy atom. The van der Waals surface area contributed by atoms with Crippen LogP contribution < -0.4 is 5.32 Å². The number of hydrogen-bond donors (Lipinski definition) is 1. The van der Waals surface area contributed by atoms with Gasteiger partial charge in [0.1, 0.15) is 0 Å². The van der Waals surface area contributed by atoms with Crippen LogP contribution in [0, 0.1) is 0 Å². The molecular formula is C16H22ClN3O2. The molecule has 5 nitrogen and oxygen atoms in total. The molecule has 1 N–H and O–H groups in total. The molecule has 120 valence electrons. The molecule has 0 unspecified atom stereocenters. The minimum Gasteiger partial charge on any atom is -0.358 e. The Bertz CT molecular complexity index is 528. The highest BCUT2D eigenvalue weighted by Gasteiger charge is 2.21. The number of halogens is 1. The van der Waals surface area contributed by atoms with Gasteiger partial charge in [-0.05, 0) is 24.1 Å². The molecule has 6 heteroatoms. The van der Waals surface area contributed by atoms with E-state index in [0.717, 1.165) is 18.7 Å². The number of likely N-dealkylation sites (N-methyl/N-ethyl adjacent to an activating group) is 1. The SMILES string of the molecule is CNC(=O)CN1CCN(C(=O)CCc2cccc(Cl)c2)CC1. The Kier molecular flexibility index (Phi) is 6.21. The summed E-state index contributed by atoms with van der Waals surface area (Å²) in [4.78, 5) is 27.5. The molecule has 1 aromatic rings. The summed E-state index contributed by atoms with van der Waals surface area (Å²) in [5.41, 5.74) is 1.08. The second-order valence-corrected chi connectivity index (χ2v) is 5.90. The molecule has 2 rings (SSSR count). The van der Waals surface area contributed by atoms with Crippen LogP contribution >= 0.6 is 11.6 Å². The lowest BCUT2D eigenvalue weighted by Gasteiger charge is -2.34. The molecule has 0 radical (unpaired) electrons. The molecule has 1 aliphatic heterocycles. The third-order valence-electron chi connectivity index (χ3n) is 3.89. The maximum Gasteiger partial charge on any atom is 0.233 e. The van der Waals surface area contributed by atoms with Crippen LogP contribution in [0.1, 0.15) is 12.0 Å². The van der Waals surface area contributed by atoms with Gasteiger partial charge < -0.3 is 10.2 Å². The summed E-state index contributed by atoms with van der Waals surface area (Å²) < 4.78 is 0. The van der Waals surface area contributed by atoms with Gasteiger partial charge in [-0.3, -0.25) is 14.5 Å². The minimum atomic E-state index is 0.0146. The number of nitrogens with zero attached hydrogens (tertiary/aromatic N) is 2. The third kappa shape index (κ3) is 5.00. The first-order chi connectivity index (χ1) is 10.6. The maximum absolute atomic E-state index is 12.2. The van der Waals surface area contributed by atoms with Gasteiger partial charge in [0.25, 0.3) is 0 Å². The highest BCUT2D eigenvalue weighted by atomic mass is 35.5. The molecule has 1 aliphatic rings. The Labute approximate surface area is 136 Å². The van der Waals surface area contributed by atoms with Crippen molar-refractivity contribution < 1.29 is 9.59 Å². The van der Waals surface area contributed by atoms with Gasteiger partial charge in [0.15, 0.2) is 0 Å². The van der Waals surface area contributed by atoms with Crippen molar-refractivity contribution in [3.05, 3.63) is 34.9 Å². The average Bonchev–Trinajstić information content (AvgIpc) is 2.53. The van der Waals surface area contributed by atoms with Crippen LogP contribution in [0.25, 0.3) is 0 Å². The quantitative estimate of drug-likeness (QED) is 0.885. The third-order valence-corrected chi connectivity index (χ3v) is 4.12. The van der Waals surface area contributed by atoms with Gasteiger partial charge >= 0.3 is 0 Å². The Hall–Kier alpha value is -1.59. The summed E-state index contributed by atoms with van der Waals surface area (Å²) in [5.74, 6) is 0.181. The van der Waals surface area contributed by atoms with Crippen molar-refractivity contribution in [2.24, 2.45) is 0 Å². The van der Waals surface area contributed by atoms with Gasteiger partial charge in [-0.2, -0.15) is 0 Å². The second kappa shape index (κ2) is 8.15. The lowest BCUT2D eigenvalue weighted by Crippen LogP contribution is -2.50. The van der Waals surface area contributed by atoms with Crippen LogP contribution in [0.2, 0.25) is 5.02 Å². The van der Waals surface area contributed by atoms with Crippen LogP contribution in [0.3, 0.4) is 0 Å². The molecule has 0 aromatic heterocycles. The van der Waals surface area contributed by atoms with Crippen LogP contribution in [0.5, 0.6) is 0 Å². The predicted octanol–water partition coefficient (Wildman–Crippen LogP) is 1.16. The first kappa shape index (κ1) is 16.8. The van der Waals surface area contributed by atoms with Gasteiger partial charge in [-0.15, -0.1) is 0 Å². The van der Waals surface area contributed by atoms with E-state index in [2.05, 4.69) is 10.2 Å². The smallest absolute Gasteiger partial charge is 0.233 e. The predicted molar refractivity (Wildman–Crippen MR) is 86.9 cm³/mol. The molecule has 0 spiro atoms. The topological polar surface area (TPSA) is 52.7 Å². The monoisotopic (exact) mass is 323 g/mol. The highest BCUT2D eigenvalue weighted by Crippen LogP contribution is 2.13. The minimum absolute atomic E-state index is 0.0146. The molecular weight excluding hydrogens is 302 g/mol. The van der Waals surface area contributed by atoms with Gasteiger partial charge in [0.05, 0.1) is 6.54 Å². The number of carbonyl (C=O) groups is 2. The fourth-order valence-electron chi connectivity index (χ4n) is 2.54. The van der Waals surface area contributed by atoms with Crippen molar-refractivity contribution in [2.45, 2.75) is 12.8 Å². The van der Waals surface area contributed by atoms with Crippen LogP contribution in [0.15, 0.2) is 24.3 Å². The number of aryl methyl sites for hydroxylation is 1. The molecule has 0 atom stereocenters. The normalized spacial score (nSPS) is 15.6. The van der Waals surface area contributed by atoms with Crippen molar-refractivity contribution in [3.8, 4) is 0 Å². The number of piperazine rings is 1. The first-order valence-corrected chi connectivity index (χ1v) is 7.91. The number of benzene rings is 1. The lowest BCUT2D eigenvalue weighted by atomic mass is 10.1. The van der Waals surface area contributed by atoms with Gasteiger partial charge in [-0.25, -0.2) is 0 Å². The first-order valence-electron chi connectivity index (χ1n) is 7.53. The number of nitrogens with one attached hydrogen (secondary N) is 1. The summed E-state index contributed by atoms with van der Waals surface area (Å²) in [6.07, 6.45) is 1.20. The van der Waals surface area contributed by atoms with Gasteiger partial charge in [0, 0.05) is 44.7 Å². The van der Waals surface area contributed by atoms with Crippen LogP contribution in [-0.4, -0.2) is 61.4 Å². The lowest BCUT2D eigenvalue weighted by molar-refractivity contribution is -0.133. The Balaban J connectivity index is 1.74. The molecule has 1 saturated heterocycles. The average molecular weight is 324 g/mol. The van der Waals surface area contributed by atoms with E-state index in [-0.39, 0.29) is 11.8 Å². The van der Waals surface area contributed by atoms with E-state index in [9.17, 15) is 9.59 Å².